The highest BCUT2D eigenvalue weighted by atomic mass is 32.2. The van der Waals surface area contributed by atoms with Gasteiger partial charge in [-0.2, -0.15) is 11.8 Å². The zero-order valence-electron chi connectivity index (χ0n) is 11.3. The van der Waals surface area contributed by atoms with Crippen molar-refractivity contribution in [2.75, 3.05) is 17.3 Å². The molecule has 2 aromatic rings. The Balaban J connectivity index is 1.91. The quantitative estimate of drug-likeness (QED) is 0.866. The lowest BCUT2D eigenvalue weighted by Crippen LogP contribution is -2.11. The molecule has 0 unspecified atom stereocenters. The van der Waals surface area contributed by atoms with E-state index in [9.17, 15) is 4.79 Å². The van der Waals surface area contributed by atoms with Gasteiger partial charge in [0, 0.05) is 17.9 Å². The van der Waals surface area contributed by atoms with Crippen molar-refractivity contribution in [3.05, 3.63) is 54.6 Å². The first kappa shape index (κ1) is 14.5. The summed E-state index contributed by atoms with van der Waals surface area (Å²) in [6, 6.07) is 17.0. The minimum Gasteiger partial charge on any atom is -0.457 e. The molecule has 0 saturated carbocycles. The first-order chi connectivity index (χ1) is 9.78. The fourth-order valence-corrected chi connectivity index (χ4v) is 2.04. The molecule has 3 nitrogen and oxygen atoms in total. The number of ether oxygens (including phenoxy) is 1. The number of hydrogen-bond acceptors (Lipinski definition) is 3. The van der Waals surface area contributed by atoms with Gasteiger partial charge >= 0.3 is 0 Å². The molecule has 2 rings (SSSR count). The van der Waals surface area contributed by atoms with Crippen LogP contribution in [-0.2, 0) is 4.79 Å². The molecular weight excluding hydrogens is 270 g/mol. The van der Waals surface area contributed by atoms with E-state index in [1.807, 2.05) is 60.9 Å². The molecule has 0 atom stereocenters. The number of anilines is 1. The van der Waals surface area contributed by atoms with Crippen molar-refractivity contribution in [2.24, 2.45) is 0 Å². The van der Waals surface area contributed by atoms with Gasteiger partial charge in [-0.25, -0.2) is 0 Å². The lowest BCUT2D eigenvalue weighted by Gasteiger charge is -2.07. The molecule has 0 aliphatic carbocycles. The zero-order valence-corrected chi connectivity index (χ0v) is 12.2. The van der Waals surface area contributed by atoms with E-state index in [4.69, 9.17) is 4.74 Å². The van der Waals surface area contributed by atoms with Crippen LogP contribution < -0.4 is 10.1 Å². The number of nitrogens with one attached hydrogen (secondary N) is 1. The topological polar surface area (TPSA) is 38.3 Å². The molecule has 0 radical (unpaired) electrons. The van der Waals surface area contributed by atoms with Gasteiger partial charge in [0.25, 0.3) is 0 Å². The first-order valence-electron chi connectivity index (χ1n) is 6.39. The van der Waals surface area contributed by atoms with Crippen molar-refractivity contribution in [3.63, 3.8) is 0 Å². The van der Waals surface area contributed by atoms with Crippen LogP contribution in [0.15, 0.2) is 54.6 Å². The summed E-state index contributed by atoms with van der Waals surface area (Å²) in [5, 5.41) is 2.86. The smallest absolute Gasteiger partial charge is 0.225 e. The average molecular weight is 287 g/mol. The number of benzene rings is 2. The van der Waals surface area contributed by atoms with Crippen LogP contribution in [0.2, 0.25) is 0 Å². The van der Waals surface area contributed by atoms with Crippen molar-refractivity contribution < 1.29 is 9.53 Å². The Labute approximate surface area is 123 Å². The van der Waals surface area contributed by atoms with Crippen molar-refractivity contribution >= 4 is 23.4 Å². The van der Waals surface area contributed by atoms with Crippen LogP contribution in [0.3, 0.4) is 0 Å². The predicted molar refractivity (Wildman–Crippen MR) is 84.6 cm³/mol. The molecule has 20 heavy (non-hydrogen) atoms. The van der Waals surface area contributed by atoms with Crippen LogP contribution in [0.25, 0.3) is 0 Å². The molecule has 2 aromatic carbocycles. The monoisotopic (exact) mass is 287 g/mol. The predicted octanol–water partition coefficient (Wildman–Crippen LogP) is 4.17. The minimum absolute atomic E-state index is 0.0380. The molecule has 1 N–H and O–H groups in total. The second kappa shape index (κ2) is 7.60. The minimum atomic E-state index is 0.0380. The molecule has 0 aliphatic rings. The number of rotatable bonds is 6. The number of thioether (sulfide) groups is 1. The molecule has 1 amide bonds. The van der Waals surface area contributed by atoms with E-state index in [-0.39, 0.29) is 5.91 Å². The Morgan fingerprint density at radius 2 is 1.70 bits per heavy atom. The van der Waals surface area contributed by atoms with E-state index in [2.05, 4.69) is 5.32 Å². The van der Waals surface area contributed by atoms with Gasteiger partial charge in [-0.05, 0) is 42.7 Å². The first-order valence-corrected chi connectivity index (χ1v) is 7.79. The Morgan fingerprint density at radius 3 is 2.35 bits per heavy atom. The second-order valence-corrected chi connectivity index (χ2v) is 5.22. The Kier molecular flexibility index (Phi) is 5.50. The summed E-state index contributed by atoms with van der Waals surface area (Å²) in [6.07, 6.45) is 2.52. The fourth-order valence-electron chi connectivity index (χ4n) is 1.65. The van der Waals surface area contributed by atoms with Gasteiger partial charge in [-0.3, -0.25) is 4.79 Å². The summed E-state index contributed by atoms with van der Waals surface area (Å²) in [5.74, 6) is 2.42. The number of carbonyl (C=O) groups is 1. The van der Waals surface area contributed by atoms with E-state index < -0.39 is 0 Å². The number of para-hydroxylation sites is 1. The summed E-state index contributed by atoms with van der Waals surface area (Å²) in [5.41, 5.74) is 0.788. The van der Waals surface area contributed by atoms with Gasteiger partial charge in [-0.1, -0.05) is 18.2 Å². The lowest BCUT2D eigenvalue weighted by molar-refractivity contribution is -0.115. The molecule has 0 spiro atoms. The molecule has 4 heteroatoms. The standard InChI is InChI=1S/C16H17NO2S/c1-20-12-11-16(18)17-13-7-9-15(10-8-13)19-14-5-3-2-4-6-14/h2-10H,11-12H2,1H3,(H,17,18). The lowest BCUT2D eigenvalue weighted by atomic mass is 10.3. The molecule has 0 fully saturated rings. The van der Waals surface area contributed by atoms with Gasteiger partial charge < -0.3 is 10.1 Å². The van der Waals surface area contributed by atoms with E-state index >= 15 is 0 Å². The van der Waals surface area contributed by atoms with Crippen LogP contribution in [0.4, 0.5) is 5.69 Å². The summed E-state index contributed by atoms with van der Waals surface area (Å²) in [6.45, 7) is 0. The van der Waals surface area contributed by atoms with Crippen LogP contribution in [0.1, 0.15) is 6.42 Å². The van der Waals surface area contributed by atoms with Gasteiger partial charge in [0.15, 0.2) is 0 Å². The van der Waals surface area contributed by atoms with E-state index in [1.165, 1.54) is 0 Å². The summed E-state index contributed by atoms with van der Waals surface area (Å²) in [4.78, 5) is 11.6. The molecular formula is C16H17NO2S. The van der Waals surface area contributed by atoms with Crippen LogP contribution >= 0.6 is 11.8 Å². The van der Waals surface area contributed by atoms with E-state index in [0.717, 1.165) is 22.9 Å². The van der Waals surface area contributed by atoms with Crippen molar-refractivity contribution in [1.29, 1.82) is 0 Å². The average Bonchev–Trinajstić information content (AvgIpc) is 2.48. The van der Waals surface area contributed by atoms with Gasteiger partial charge in [-0.15, -0.1) is 0 Å². The molecule has 0 bridgehead atoms. The number of carbonyl (C=O) groups excluding carboxylic acids is 1. The SMILES string of the molecule is CSCCC(=O)Nc1ccc(Oc2ccccc2)cc1. The Hall–Kier alpha value is -1.94. The maximum atomic E-state index is 11.6. The van der Waals surface area contributed by atoms with Crippen molar-refractivity contribution in [1.82, 2.24) is 0 Å². The third kappa shape index (κ3) is 4.63. The third-order valence-corrected chi connectivity index (χ3v) is 3.26. The Morgan fingerprint density at radius 1 is 1.05 bits per heavy atom. The van der Waals surface area contributed by atoms with Crippen LogP contribution in [-0.4, -0.2) is 17.9 Å². The highest BCUT2D eigenvalue weighted by molar-refractivity contribution is 7.98. The normalized spacial score (nSPS) is 10.1. The molecule has 0 aromatic heterocycles. The van der Waals surface area contributed by atoms with E-state index in [1.54, 1.807) is 11.8 Å². The van der Waals surface area contributed by atoms with Gasteiger partial charge in [0.2, 0.25) is 5.91 Å². The van der Waals surface area contributed by atoms with Gasteiger partial charge in [0.1, 0.15) is 11.5 Å². The summed E-state index contributed by atoms with van der Waals surface area (Å²) < 4.78 is 5.69. The number of amides is 1. The molecule has 0 heterocycles. The summed E-state index contributed by atoms with van der Waals surface area (Å²) >= 11 is 1.66. The number of hydrogen-bond donors (Lipinski definition) is 1. The Bertz CT molecular complexity index is 540. The van der Waals surface area contributed by atoms with Crippen LogP contribution in [0.5, 0.6) is 11.5 Å². The molecule has 0 aliphatic heterocycles. The largest absolute Gasteiger partial charge is 0.457 e. The third-order valence-electron chi connectivity index (χ3n) is 2.65. The second-order valence-electron chi connectivity index (χ2n) is 4.23. The van der Waals surface area contributed by atoms with Crippen molar-refractivity contribution in [2.45, 2.75) is 6.42 Å². The van der Waals surface area contributed by atoms with E-state index in [0.29, 0.717) is 6.42 Å². The molecule has 0 saturated heterocycles. The fraction of sp³-hybridized carbons (Fsp3) is 0.188. The van der Waals surface area contributed by atoms with Crippen molar-refractivity contribution in [3.8, 4) is 11.5 Å². The summed E-state index contributed by atoms with van der Waals surface area (Å²) in [7, 11) is 0. The van der Waals surface area contributed by atoms with Gasteiger partial charge in [0.05, 0.1) is 0 Å². The molecule has 104 valence electrons. The zero-order chi connectivity index (χ0) is 14.2. The maximum Gasteiger partial charge on any atom is 0.225 e. The van der Waals surface area contributed by atoms with Crippen LogP contribution in [0, 0.1) is 0 Å². The maximum absolute atomic E-state index is 11.6. The highest BCUT2D eigenvalue weighted by Gasteiger charge is 2.02. The highest BCUT2D eigenvalue weighted by Crippen LogP contribution is 2.22.